The van der Waals surface area contributed by atoms with Crippen molar-refractivity contribution in [2.24, 2.45) is 0 Å². The van der Waals surface area contributed by atoms with E-state index in [0.717, 1.165) is 19.5 Å². The van der Waals surface area contributed by atoms with Crippen molar-refractivity contribution in [3.63, 3.8) is 0 Å². The molecule has 17 heavy (non-hydrogen) atoms. The van der Waals surface area contributed by atoms with E-state index in [2.05, 4.69) is 10.2 Å². The van der Waals surface area contributed by atoms with Crippen molar-refractivity contribution in [1.29, 1.82) is 0 Å². The largest absolute Gasteiger partial charge is 0.399 e. The predicted molar refractivity (Wildman–Crippen MR) is 69.2 cm³/mol. The van der Waals surface area contributed by atoms with Gasteiger partial charge in [0.05, 0.1) is 10.6 Å². The van der Waals surface area contributed by atoms with Crippen LogP contribution in [0.1, 0.15) is 16.8 Å². The van der Waals surface area contributed by atoms with Gasteiger partial charge in [0, 0.05) is 18.3 Å². The normalized spacial score (nSPS) is 20.5. The second-order valence-corrected chi connectivity index (χ2v) is 4.87. The summed E-state index contributed by atoms with van der Waals surface area (Å²) >= 11 is 5.99. The Morgan fingerprint density at radius 3 is 2.94 bits per heavy atom. The lowest BCUT2D eigenvalue weighted by molar-refractivity contribution is 0.0938. The molecule has 4 nitrogen and oxygen atoms in total. The van der Waals surface area contributed by atoms with Crippen molar-refractivity contribution in [3.8, 4) is 0 Å². The van der Waals surface area contributed by atoms with Crippen molar-refractivity contribution in [2.75, 3.05) is 25.9 Å². The van der Waals surface area contributed by atoms with Crippen LogP contribution in [0.15, 0.2) is 18.2 Å². The lowest BCUT2D eigenvalue weighted by Crippen LogP contribution is -2.36. The molecule has 1 aliphatic heterocycles. The van der Waals surface area contributed by atoms with Crippen LogP contribution in [-0.2, 0) is 0 Å². The van der Waals surface area contributed by atoms with Gasteiger partial charge in [0.25, 0.3) is 5.91 Å². The second-order valence-electron chi connectivity index (χ2n) is 4.46. The maximum Gasteiger partial charge on any atom is 0.253 e. The molecule has 0 aliphatic carbocycles. The quantitative estimate of drug-likeness (QED) is 0.783. The molecule has 1 saturated heterocycles. The van der Waals surface area contributed by atoms with Gasteiger partial charge in [-0.25, -0.2) is 0 Å². The lowest BCUT2D eigenvalue weighted by atomic mass is 10.1. The van der Waals surface area contributed by atoms with Gasteiger partial charge in [0.15, 0.2) is 0 Å². The first-order valence-electron chi connectivity index (χ1n) is 5.60. The Balaban J connectivity index is 2.04. The third kappa shape index (κ3) is 2.90. The summed E-state index contributed by atoms with van der Waals surface area (Å²) in [5.41, 5.74) is 6.63. The monoisotopic (exact) mass is 253 g/mol. The molecule has 1 atom stereocenters. The molecule has 2 rings (SSSR count). The molecule has 0 bridgehead atoms. The zero-order valence-corrected chi connectivity index (χ0v) is 10.5. The number of likely N-dealkylation sites (N-methyl/N-ethyl adjacent to an activating group) is 1. The average molecular weight is 254 g/mol. The summed E-state index contributed by atoms with van der Waals surface area (Å²) < 4.78 is 0. The van der Waals surface area contributed by atoms with Crippen LogP contribution < -0.4 is 11.1 Å². The van der Waals surface area contributed by atoms with Crippen molar-refractivity contribution in [2.45, 2.75) is 12.5 Å². The number of hydrogen-bond donors (Lipinski definition) is 2. The molecule has 1 aliphatic rings. The number of benzene rings is 1. The third-order valence-corrected chi connectivity index (χ3v) is 3.28. The molecule has 3 N–H and O–H groups in total. The van der Waals surface area contributed by atoms with Gasteiger partial charge in [-0.1, -0.05) is 11.6 Å². The van der Waals surface area contributed by atoms with Gasteiger partial charge in [-0.2, -0.15) is 0 Å². The van der Waals surface area contributed by atoms with E-state index in [1.165, 1.54) is 0 Å². The molecule has 5 heteroatoms. The summed E-state index contributed by atoms with van der Waals surface area (Å²) in [6.45, 7) is 1.90. The highest BCUT2D eigenvalue weighted by Gasteiger charge is 2.22. The molecule has 1 aromatic carbocycles. The van der Waals surface area contributed by atoms with Gasteiger partial charge < -0.3 is 16.0 Å². The Morgan fingerprint density at radius 1 is 1.59 bits per heavy atom. The van der Waals surface area contributed by atoms with Crippen LogP contribution in [0.5, 0.6) is 0 Å². The number of carbonyl (C=O) groups excluding carboxylic acids is 1. The van der Waals surface area contributed by atoms with E-state index in [1.54, 1.807) is 18.2 Å². The van der Waals surface area contributed by atoms with Crippen LogP contribution in [0.2, 0.25) is 5.02 Å². The number of nitrogens with zero attached hydrogens (tertiary/aromatic N) is 1. The number of nitrogens with two attached hydrogens (primary N) is 1. The summed E-state index contributed by atoms with van der Waals surface area (Å²) in [5.74, 6) is -0.129. The second kappa shape index (κ2) is 4.94. The van der Waals surface area contributed by atoms with E-state index in [4.69, 9.17) is 17.3 Å². The molecule has 1 heterocycles. The molecule has 0 aromatic heterocycles. The molecular formula is C12H16ClN3O. The molecule has 1 fully saturated rings. The van der Waals surface area contributed by atoms with E-state index in [9.17, 15) is 4.79 Å². The highest BCUT2D eigenvalue weighted by molar-refractivity contribution is 6.34. The number of amides is 1. The minimum Gasteiger partial charge on any atom is -0.399 e. The minimum absolute atomic E-state index is 0.129. The number of hydrogen-bond acceptors (Lipinski definition) is 3. The molecule has 1 unspecified atom stereocenters. The molecule has 0 spiro atoms. The van der Waals surface area contributed by atoms with E-state index < -0.39 is 0 Å². The van der Waals surface area contributed by atoms with Gasteiger partial charge in [-0.05, 0) is 38.2 Å². The minimum atomic E-state index is -0.129. The fraction of sp³-hybridized carbons (Fsp3) is 0.417. The molecule has 1 aromatic rings. The summed E-state index contributed by atoms with van der Waals surface area (Å²) in [6.07, 6.45) is 0.981. The van der Waals surface area contributed by atoms with Gasteiger partial charge in [0.2, 0.25) is 0 Å². The summed E-state index contributed by atoms with van der Waals surface area (Å²) in [4.78, 5) is 14.2. The van der Waals surface area contributed by atoms with Crippen molar-refractivity contribution in [3.05, 3.63) is 28.8 Å². The van der Waals surface area contributed by atoms with E-state index in [-0.39, 0.29) is 11.9 Å². The summed E-state index contributed by atoms with van der Waals surface area (Å²) in [5, 5.41) is 3.38. The van der Waals surface area contributed by atoms with Crippen LogP contribution in [-0.4, -0.2) is 37.0 Å². The highest BCUT2D eigenvalue weighted by atomic mass is 35.5. The smallest absolute Gasteiger partial charge is 0.253 e. The van der Waals surface area contributed by atoms with E-state index in [0.29, 0.717) is 16.3 Å². The zero-order chi connectivity index (χ0) is 12.4. The summed E-state index contributed by atoms with van der Waals surface area (Å²) in [7, 11) is 2.04. The van der Waals surface area contributed by atoms with Gasteiger partial charge in [-0.15, -0.1) is 0 Å². The van der Waals surface area contributed by atoms with Crippen LogP contribution in [0, 0.1) is 0 Å². The Bertz CT molecular complexity index is 436. The van der Waals surface area contributed by atoms with E-state index >= 15 is 0 Å². The number of anilines is 1. The number of likely N-dealkylation sites (tertiary alicyclic amines) is 1. The predicted octanol–water partition coefficient (Wildman–Crippen LogP) is 1.36. The van der Waals surface area contributed by atoms with Gasteiger partial charge >= 0.3 is 0 Å². The van der Waals surface area contributed by atoms with Gasteiger partial charge in [-0.3, -0.25) is 4.79 Å². The Morgan fingerprint density at radius 2 is 2.35 bits per heavy atom. The lowest BCUT2D eigenvalue weighted by Gasteiger charge is -2.13. The standard InChI is InChI=1S/C12H16ClN3O/c1-16-5-4-9(7-16)15-12(17)10-3-2-8(14)6-11(10)13/h2-3,6,9H,4-5,7,14H2,1H3,(H,15,17). The number of carbonyl (C=O) groups is 1. The highest BCUT2D eigenvalue weighted by Crippen LogP contribution is 2.19. The summed E-state index contributed by atoms with van der Waals surface area (Å²) in [6, 6.07) is 5.14. The third-order valence-electron chi connectivity index (χ3n) is 2.96. The number of nitrogens with one attached hydrogen (secondary N) is 1. The average Bonchev–Trinajstić information content (AvgIpc) is 2.63. The van der Waals surface area contributed by atoms with E-state index in [1.807, 2.05) is 7.05 Å². The van der Waals surface area contributed by atoms with Crippen LogP contribution in [0.4, 0.5) is 5.69 Å². The Kier molecular flexibility index (Phi) is 3.54. The van der Waals surface area contributed by atoms with Crippen molar-refractivity contribution >= 4 is 23.2 Å². The first kappa shape index (κ1) is 12.2. The molecular weight excluding hydrogens is 238 g/mol. The van der Waals surface area contributed by atoms with Crippen LogP contribution in [0.3, 0.4) is 0 Å². The fourth-order valence-electron chi connectivity index (χ4n) is 2.03. The number of rotatable bonds is 2. The fourth-order valence-corrected chi connectivity index (χ4v) is 2.31. The number of nitrogen functional groups attached to an aromatic ring is 1. The van der Waals surface area contributed by atoms with Crippen molar-refractivity contribution in [1.82, 2.24) is 10.2 Å². The van der Waals surface area contributed by atoms with Gasteiger partial charge in [0.1, 0.15) is 0 Å². The Labute approximate surface area is 106 Å². The molecule has 0 saturated carbocycles. The maximum absolute atomic E-state index is 12.0. The zero-order valence-electron chi connectivity index (χ0n) is 9.74. The first-order chi connectivity index (χ1) is 8.06. The SMILES string of the molecule is CN1CCC(NC(=O)c2ccc(N)cc2Cl)C1. The Hall–Kier alpha value is -1.26. The molecule has 0 radical (unpaired) electrons. The molecule has 92 valence electrons. The number of halogens is 1. The van der Waals surface area contributed by atoms with Crippen LogP contribution >= 0.6 is 11.6 Å². The topological polar surface area (TPSA) is 58.4 Å². The first-order valence-corrected chi connectivity index (χ1v) is 5.98. The molecule has 1 amide bonds. The van der Waals surface area contributed by atoms with Crippen molar-refractivity contribution < 1.29 is 4.79 Å². The van der Waals surface area contributed by atoms with Crippen LogP contribution in [0.25, 0.3) is 0 Å². The maximum atomic E-state index is 12.0.